The first kappa shape index (κ1) is 13.0. The number of rotatable bonds is 4. The van der Waals surface area contributed by atoms with Crippen molar-refractivity contribution in [3.63, 3.8) is 0 Å². The van der Waals surface area contributed by atoms with E-state index in [2.05, 4.69) is 15.1 Å². The van der Waals surface area contributed by atoms with Crippen LogP contribution in [-0.2, 0) is 6.54 Å². The minimum absolute atomic E-state index is 0.186. The molecule has 2 heterocycles. The number of likely N-dealkylation sites (tertiary alicyclic amines) is 1. The molecule has 1 saturated heterocycles. The lowest BCUT2D eigenvalue weighted by molar-refractivity contribution is 0.221. The first-order valence-electron chi connectivity index (χ1n) is 7.61. The summed E-state index contributed by atoms with van der Waals surface area (Å²) in [6.07, 6.45) is 4.58. The first-order valence-corrected chi connectivity index (χ1v) is 7.61. The summed E-state index contributed by atoms with van der Waals surface area (Å²) < 4.78 is 18.8. The third kappa shape index (κ3) is 2.70. The van der Waals surface area contributed by atoms with Crippen LogP contribution in [0.4, 0.5) is 4.39 Å². The normalized spacial score (nSPS) is 22.8. The van der Waals surface area contributed by atoms with Crippen molar-refractivity contribution in [3.05, 3.63) is 47.4 Å². The van der Waals surface area contributed by atoms with Gasteiger partial charge >= 0.3 is 0 Å². The molecule has 110 valence electrons. The van der Waals surface area contributed by atoms with Crippen molar-refractivity contribution in [2.75, 3.05) is 6.54 Å². The van der Waals surface area contributed by atoms with E-state index in [1.807, 2.05) is 12.1 Å². The van der Waals surface area contributed by atoms with E-state index in [1.165, 1.54) is 25.0 Å². The largest absolute Gasteiger partial charge is 0.424 e. The van der Waals surface area contributed by atoms with E-state index in [9.17, 15) is 4.39 Å². The van der Waals surface area contributed by atoms with Gasteiger partial charge < -0.3 is 4.42 Å². The molecule has 2 aromatic rings. The Morgan fingerprint density at radius 2 is 1.95 bits per heavy atom. The summed E-state index contributed by atoms with van der Waals surface area (Å²) >= 11 is 0. The van der Waals surface area contributed by atoms with Gasteiger partial charge in [-0.25, -0.2) is 4.39 Å². The molecule has 2 fully saturated rings. The molecule has 4 nitrogen and oxygen atoms in total. The van der Waals surface area contributed by atoms with Gasteiger partial charge in [-0.3, -0.25) is 4.90 Å². The minimum Gasteiger partial charge on any atom is -0.424 e. The van der Waals surface area contributed by atoms with Crippen LogP contribution < -0.4 is 0 Å². The third-order valence-corrected chi connectivity index (χ3v) is 4.37. The molecule has 0 spiro atoms. The standard InChI is InChI=1S/C16H18FN3O/c17-13-7-5-11(6-8-13)14-2-1-9-20(14)10-15-18-19-16(21-15)12-3-4-12/h5-8,12,14H,1-4,9-10H2/t14-/m1/s1. The van der Waals surface area contributed by atoms with Crippen molar-refractivity contribution in [1.82, 2.24) is 15.1 Å². The van der Waals surface area contributed by atoms with E-state index in [4.69, 9.17) is 4.42 Å². The van der Waals surface area contributed by atoms with Gasteiger partial charge in [0.25, 0.3) is 0 Å². The van der Waals surface area contributed by atoms with Crippen LogP contribution in [0.1, 0.15) is 55.0 Å². The van der Waals surface area contributed by atoms with Gasteiger partial charge in [-0.1, -0.05) is 12.1 Å². The fourth-order valence-electron chi connectivity index (χ4n) is 3.08. The molecule has 1 aromatic heterocycles. The Morgan fingerprint density at radius 1 is 1.14 bits per heavy atom. The van der Waals surface area contributed by atoms with E-state index in [0.717, 1.165) is 30.8 Å². The van der Waals surface area contributed by atoms with Crippen LogP contribution in [0.15, 0.2) is 28.7 Å². The van der Waals surface area contributed by atoms with E-state index in [0.29, 0.717) is 24.4 Å². The molecular formula is C16H18FN3O. The quantitative estimate of drug-likeness (QED) is 0.864. The van der Waals surface area contributed by atoms with E-state index in [-0.39, 0.29) is 5.82 Å². The lowest BCUT2D eigenvalue weighted by atomic mass is 10.0. The second kappa shape index (κ2) is 5.22. The lowest BCUT2D eigenvalue weighted by Gasteiger charge is -2.23. The molecule has 2 aliphatic rings. The molecule has 21 heavy (non-hydrogen) atoms. The van der Waals surface area contributed by atoms with E-state index in [1.54, 1.807) is 0 Å². The van der Waals surface area contributed by atoms with Crippen LogP contribution in [0.3, 0.4) is 0 Å². The molecule has 5 heteroatoms. The van der Waals surface area contributed by atoms with Crippen LogP contribution >= 0.6 is 0 Å². The van der Waals surface area contributed by atoms with Gasteiger partial charge in [-0.05, 0) is 49.9 Å². The van der Waals surface area contributed by atoms with Crippen LogP contribution in [0.5, 0.6) is 0 Å². The summed E-state index contributed by atoms with van der Waals surface area (Å²) in [6, 6.07) is 7.14. The monoisotopic (exact) mass is 287 g/mol. The highest BCUT2D eigenvalue weighted by Crippen LogP contribution is 2.39. The maximum Gasteiger partial charge on any atom is 0.230 e. The van der Waals surface area contributed by atoms with Gasteiger partial charge in [0, 0.05) is 12.0 Å². The average molecular weight is 287 g/mol. The summed E-state index contributed by atoms with van der Waals surface area (Å²) in [5, 5.41) is 8.30. The Morgan fingerprint density at radius 3 is 2.71 bits per heavy atom. The van der Waals surface area contributed by atoms with Gasteiger partial charge in [-0.2, -0.15) is 0 Å². The topological polar surface area (TPSA) is 42.2 Å². The molecule has 0 N–H and O–H groups in total. The third-order valence-electron chi connectivity index (χ3n) is 4.37. The van der Waals surface area contributed by atoms with Crippen molar-refractivity contribution < 1.29 is 8.81 Å². The maximum atomic E-state index is 13.1. The van der Waals surface area contributed by atoms with Crippen LogP contribution in [0.25, 0.3) is 0 Å². The molecule has 0 bridgehead atoms. The molecule has 0 amide bonds. The predicted octanol–water partition coefficient (Wildman–Crippen LogP) is 3.42. The van der Waals surface area contributed by atoms with E-state index < -0.39 is 0 Å². The maximum absolute atomic E-state index is 13.1. The Labute approximate surface area is 123 Å². The molecule has 4 rings (SSSR count). The van der Waals surface area contributed by atoms with Crippen molar-refractivity contribution in [2.24, 2.45) is 0 Å². The highest BCUT2D eigenvalue weighted by molar-refractivity contribution is 5.21. The van der Waals surface area contributed by atoms with Crippen LogP contribution in [-0.4, -0.2) is 21.6 Å². The zero-order chi connectivity index (χ0) is 14.2. The Hall–Kier alpha value is -1.75. The van der Waals surface area contributed by atoms with Gasteiger partial charge in [0.15, 0.2) is 0 Å². The van der Waals surface area contributed by atoms with Gasteiger partial charge in [-0.15, -0.1) is 10.2 Å². The van der Waals surface area contributed by atoms with Crippen LogP contribution in [0, 0.1) is 5.82 Å². The summed E-state index contributed by atoms with van der Waals surface area (Å²) in [5.74, 6) is 1.81. The fourth-order valence-corrected chi connectivity index (χ4v) is 3.08. The summed E-state index contributed by atoms with van der Waals surface area (Å²) in [4.78, 5) is 2.34. The number of benzene rings is 1. The lowest BCUT2D eigenvalue weighted by Crippen LogP contribution is -2.23. The van der Waals surface area contributed by atoms with E-state index >= 15 is 0 Å². The molecular weight excluding hydrogens is 269 g/mol. The fraction of sp³-hybridized carbons (Fsp3) is 0.500. The average Bonchev–Trinajstić information content (AvgIpc) is 3.07. The van der Waals surface area contributed by atoms with Crippen molar-refractivity contribution in [3.8, 4) is 0 Å². The SMILES string of the molecule is Fc1ccc([C@H]2CCCN2Cc2nnc(C3CC3)o2)cc1. The summed E-state index contributed by atoms with van der Waals surface area (Å²) in [6.45, 7) is 1.70. The number of nitrogens with zero attached hydrogens (tertiary/aromatic N) is 3. The number of halogens is 1. The molecule has 1 aliphatic heterocycles. The zero-order valence-electron chi connectivity index (χ0n) is 11.8. The molecule has 1 aromatic carbocycles. The molecule has 0 radical (unpaired) electrons. The second-order valence-electron chi connectivity index (χ2n) is 5.99. The van der Waals surface area contributed by atoms with Crippen molar-refractivity contribution >= 4 is 0 Å². The minimum atomic E-state index is -0.186. The second-order valence-corrected chi connectivity index (χ2v) is 5.99. The van der Waals surface area contributed by atoms with Crippen molar-refractivity contribution in [1.29, 1.82) is 0 Å². The molecule has 1 atom stereocenters. The van der Waals surface area contributed by atoms with Crippen molar-refractivity contribution in [2.45, 2.75) is 44.2 Å². The smallest absolute Gasteiger partial charge is 0.230 e. The van der Waals surface area contributed by atoms with Gasteiger partial charge in [0.2, 0.25) is 11.8 Å². The Kier molecular flexibility index (Phi) is 3.22. The molecule has 1 aliphatic carbocycles. The Bertz CT molecular complexity index is 621. The highest BCUT2D eigenvalue weighted by atomic mass is 19.1. The predicted molar refractivity (Wildman–Crippen MR) is 75.1 cm³/mol. The Balaban J connectivity index is 1.48. The van der Waals surface area contributed by atoms with Gasteiger partial charge in [0.05, 0.1) is 6.54 Å². The number of aromatic nitrogens is 2. The molecule has 0 unspecified atom stereocenters. The first-order chi connectivity index (χ1) is 10.3. The molecule has 1 saturated carbocycles. The highest BCUT2D eigenvalue weighted by Gasteiger charge is 2.31. The summed E-state index contributed by atoms with van der Waals surface area (Å²) in [7, 11) is 0. The zero-order valence-corrected chi connectivity index (χ0v) is 11.8. The van der Waals surface area contributed by atoms with Gasteiger partial charge in [0.1, 0.15) is 5.82 Å². The summed E-state index contributed by atoms with van der Waals surface area (Å²) in [5.41, 5.74) is 1.16. The van der Waals surface area contributed by atoms with Crippen LogP contribution in [0.2, 0.25) is 0 Å². The number of hydrogen-bond acceptors (Lipinski definition) is 4. The number of hydrogen-bond donors (Lipinski definition) is 0.